The van der Waals surface area contributed by atoms with Gasteiger partial charge in [0.1, 0.15) is 5.75 Å². The van der Waals surface area contributed by atoms with Crippen molar-refractivity contribution < 1.29 is 4.74 Å². The minimum absolute atomic E-state index is 0.190. The molecule has 0 saturated heterocycles. The summed E-state index contributed by atoms with van der Waals surface area (Å²) < 4.78 is 6.53. The Labute approximate surface area is 136 Å². The number of halogens is 1. The Morgan fingerprint density at radius 2 is 1.86 bits per heavy atom. The fourth-order valence-corrected chi connectivity index (χ4v) is 3.33. The molecule has 21 heavy (non-hydrogen) atoms. The largest absolute Gasteiger partial charge is 0.491 e. The van der Waals surface area contributed by atoms with Crippen molar-refractivity contribution in [1.29, 1.82) is 0 Å². The molecule has 0 radical (unpaired) electrons. The molecule has 0 saturated carbocycles. The van der Waals surface area contributed by atoms with Crippen molar-refractivity contribution in [3.8, 4) is 5.75 Å². The monoisotopic (exact) mass is 323 g/mol. The third-order valence-corrected chi connectivity index (χ3v) is 4.36. The van der Waals surface area contributed by atoms with E-state index >= 15 is 0 Å². The van der Waals surface area contributed by atoms with Crippen LogP contribution in [0.1, 0.15) is 43.7 Å². The van der Waals surface area contributed by atoms with Crippen molar-refractivity contribution in [3.63, 3.8) is 0 Å². The van der Waals surface area contributed by atoms with Crippen LogP contribution in [0.15, 0.2) is 36.4 Å². The zero-order valence-electron chi connectivity index (χ0n) is 12.7. The van der Waals surface area contributed by atoms with Gasteiger partial charge in [-0.3, -0.25) is 0 Å². The van der Waals surface area contributed by atoms with Gasteiger partial charge in [-0.05, 0) is 56.6 Å². The number of rotatable bonds is 7. The van der Waals surface area contributed by atoms with E-state index in [1.807, 2.05) is 32.0 Å². The standard InChI is InChI=1S/C17H22ClNOS/c1-4-11-19-17(15-9-10-16(18)21-15)13-5-7-14(8-6-13)20-12(2)3/h5-10,12,17,19H,4,11H2,1-3H3. The van der Waals surface area contributed by atoms with Gasteiger partial charge >= 0.3 is 0 Å². The van der Waals surface area contributed by atoms with Crippen LogP contribution in [0.3, 0.4) is 0 Å². The maximum atomic E-state index is 6.08. The predicted molar refractivity (Wildman–Crippen MR) is 91.7 cm³/mol. The van der Waals surface area contributed by atoms with Gasteiger partial charge in [-0.2, -0.15) is 0 Å². The third kappa shape index (κ3) is 4.73. The lowest BCUT2D eigenvalue weighted by Crippen LogP contribution is -2.22. The normalized spacial score (nSPS) is 12.6. The molecule has 1 unspecified atom stereocenters. The van der Waals surface area contributed by atoms with Gasteiger partial charge in [-0.15, -0.1) is 11.3 Å². The number of hydrogen-bond donors (Lipinski definition) is 1. The SMILES string of the molecule is CCCNC(c1ccc(OC(C)C)cc1)c1ccc(Cl)s1. The van der Waals surface area contributed by atoms with E-state index in [9.17, 15) is 0 Å². The second-order valence-corrected chi connectivity index (χ2v) is 7.01. The maximum Gasteiger partial charge on any atom is 0.119 e. The lowest BCUT2D eigenvalue weighted by atomic mass is 10.0. The maximum absolute atomic E-state index is 6.08. The summed E-state index contributed by atoms with van der Waals surface area (Å²) in [6.45, 7) is 7.22. The average molecular weight is 324 g/mol. The van der Waals surface area contributed by atoms with E-state index in [1.54, 1.807) is 11.3 Å². The highest BCUT2D eigenvalue weighted by atomic mass is 35.5. The van der Waals surface area contributed by atoms with Crippen LogP contribution in [0.25, 0.3) is 0 Å². The highest BCUT2D eigenvalue weighted by Crippen LogP contribution is 2.31. The van der Waals surface area contributed by atoms with Crippen LogP contribution in [-0.2, 0) is 0 Å². The van der Waals surface area contributed by atoms with Crippen molar-refractivity contribution in [2.45, 2.75) is 39.3 Å². The summed E-state index contributed by atoms with van der Waals surface area (Å²) in [5, 5.41) is 3.59. The van der Waals surface area contributed by atoms with Crippen LogP contribution in [0.4, 0.5) is 0 Å². The van der Waals surface area contributed by atoms with Crippen LogP contribution in [0.5, 0.6) is 5.75 Å². The van der Waals surface area contributed by atoms with E-state index in [1.165, 1.54) is 10.4 Å². The van der Waals surface area contributed by atoms with Crippen molar-refractivity contribution in [1.82, 2.24) is 5.32 Å². The van der Waals surface area contributed by atoms with Gasteiger partial charge in [0.25, 0.3) is 0 Å². The second-order valence-electron chi connectivity index (χ2n) is 5.26. The van der Waals surface area contributed by atoms with E-state index in [-0.39, 0.29) is 12.1 Å². The van der Waals surface area contributed by atoms with Gasteiger partial charge in [-0.25, -0.2) is 0 Å². The molecule has 0 aliphatic carbocycles. The molecule has 2 nitrogen and oxygen atoms in total. The first kappa shape index (κ1) is 16.3. The van der Waals surface area contributed by atoms with Gasteiger partial charge in [0.05, 0.1) is 16.5 Å². The van der Waals surface area contributed by atoms with Gasteiger partial charge in [0.2, 0.25) is 0 Å². The molecular formula is C17H22ClNOS. The van der Waals surface area contributed by atoms with Gasteiger partial charge in [0, 0.05) is 4.88 Å². The second kappa shape index (κ2) is 7.83. The average Bonchev–Trinajstić information content (AvgIpc) is 2.87. The molecule has 1 N–H and O–H groups in total. The van der Waals surface area contributed by atoms with Crippen molar-refractivity contribution in [2.24, 2.45) is 0 Å². The summed E-state index contributed by atoms with van der Waals surface area (Å²) in [7, 11) is 0. The highest BCUT2D eigenvalue weighted by molar-refractivity contribution is 7.16. The summed E-state index contributed by atoms with van der Waals surface area (Å²) in [6, 6.07) is 12.6. The molecule has 0 aliphatic heterocycles. The number of ether oxygens (including phenoxy) is 1. The summed E-state index contributed by atoms with van der Waals surface area (Å²) in [5.74, 6) is 0.909. The molecule has 4 heteroatoms. The van der Waals surface area contributed by atoms with Crippen molar-refractivity contribution >= 4 is 22.9 Å². The fraction of sp³-hybridized carbons (Fsp3) is 0.412. The van der Waals surface area contributed by atoms with Gasteiger partial charge < -0.3 is 10.1 Å². The molecule has 0 fully saturated rings. The Hall–Kier alpha value is -1.03. The summed E-state index contributed by atoms with van der Waals surface area (Å²) in [6.07, 6.45) is 1.30. The summed E-state index contributed by atoms with van der Waals surface area (Å²) in [4.78, 5) is 1.24. The molecule has 2 aromatic rings. The van der Waals surface area contributed by atoms with E-state index in [4.69, 9.17) is 16.3 Å². The first-order chi connectivity index (χ1) is 10.1. The number of thiophene rings is 1. The Kier molecular flexibility index (Phi) is 6.09. The van der Waals surface area contributed by atoms with Crippen LogP contribution in [0.2, 0.25) is 4.34 Å². The van der Waals surface area contributed by atoms with E-state index in [0.717, 1.165) is 23.1 Å². The highest BCUT2D eigenvalue weighted by Gasteiger charge is 2.15. The van der Waals surface area contributed by atoms with Crippen LogP contribution in [0, 0.1) is 0 Å². The Morgan fingerprint density at radius 1 is 1.14 bits per heavy atom. The fourth-order valence-electron chi connectivity index (χ4n) is 2.17. The number of benzene rings is 1. The quantitative estimate of drug-likeness (QED) is 0.748. The van der Waals surface area contributed by atoms with E-state index < -0.39 is 0 Å². The zero-order valence-corrected chi connectivity index (χ0v) is 14.3. The van der Waals surface area contributed by atoms with Crippen LogP contribution < -0.4 is 10.1 Å². The first-order valence-electron chi connectivity index (χ1n) is 7.35. The predicted octanol–water partition coefficient (Wildman–Crippen LogP) is 5.28. The lowest BCUT2D eigenvalue weighted by molar-refractivity contribution is 0.242. The molecular weight excluding hydrogens is 302 g/mol. The molecule has 0 amide bonds. The lowest BCUT2D eigenvalue weighted by Gasteiger charge is -2.18. The topological polar surface area (TPSA) is 21.3 Å². The smallest absolute Gasteiger partial charge is 0.119 e. The molecule has 2 rings (SSSR count). The Bertz CT molecular complexity index is 550. The molecule has 1 aromatic carbocycles. The van der Waals surface area contributed by atoms with Crippen LogP contribution >= 0.6 is 22.9 Å². The van der Waals surface area contributed by atoms with Crippen molar-refractivity contribution in [3.05, 3.63) is 51.2 Å². The molecule has 1 heterocycles. The zero-order chi connectivity index (χ0) is 15.2. The van der Waals surface area contributed by atoms with Gasteiger partial charge in [-0.1, -0.05) is 30.7 Å². The number of hydrogen-bond acceptors (Lipinski definition) is 3. The Balaban J connectivity index is 2.20. The molecule has 0 bridgehead atoms. The van der Waals surface area contributed by atoms with E-state index in [2.05, 4.69) is 30.4 Å². The first-order valence-corrected chi connectivity index (χ1v) is 8.54. The Morgan fingerprint density at radius 3 is 2.38 bits per heavy atom. The summed E-state index contributed by atoms with van der Waals surface area (Å²) in [5.41, 5.74) is 1.23. The molecule has 0 aliphatic rings. The van der Waals surface area contributed by atoms with Gasteiger partial charge in [0.15, 0.2) is 0 Å². The third-order valence-electron chi connectivity index (χ3n) is 3.06. The molecule has 1 atom stereocenters. The molecule has 0 spiro atoms. The summed E-state index contributed by atoms with van der Waals surface area (Å²) >= 11 is 7.71. The van der Waals surface area contributed by atoms with Crippen LogP contribution in [-0.4, -0.2) is 12.6 Å². The van der Waals surface area contributed by atoms with Crippen molar-refractivity contribution in [2.75, 3.05) is 6.54 Å². The molecule has 1 aromatic heterocycles. The van der Waals surface area contributed by atoms with E-state index in [0.29, 0.717) is 0 Å². The number of nitrogens with one attached hydrogen (secondary N) is 1. The minimum Gasteiger partial charge on any atom is -0.491 e. The minimum atomic E-state index is 0.190. The molecule has 114 valence electrons.